The smallest absolute Gasteiger partial charge is 0.119 e. The van der Waals surface area contributed by atoms with Gasteiger partial charge in [0, 0.05) is 5.56 Å². The summed E-state index contributed by atoms with van der Waals surface area (Å²) >= 11 is 0. The molecule has 3 heteroatoms. The maximum Gasteiger partial charge on any atom is 0.119 e. The zero-order valence-electron chi connectivity index (χ0n) is 10.4. The van der Waals surface area contributed by atoms with Crippen molar-refractivity contribution >= 4 is 11.0 Å². The molecule has 0 saturated heterocycles. The number of hydrogen-bond donors (Lipinski definition) is 1. The number of nitrogens with zero attached hydrogens (tertiary/aromatic N) is 1. The fourth-order valence-corrected chi connectivity index (χ4v) is 2.18. The number of aromatic nitrogens is 2. The van der Waals surface area contributed by atoms with Gasteiger partial charge in [0.15, 0.2) is 0 Å². The predicted molar refractivity (Wildman–Crippen MR) is 72.8 cm³/mol. The summed E-state index contributed by atoms with van der Waals surface area (Å²) in [6.07, 6.45) is 0. The SMILES string of the molecule is COc1cccc(-c2cccc3[nH]c(C)nc23)c1. The third-order valence-corrected chi connectivity index (χ3v) is 3.01. The molecule has 3 nitrogen and oxygen atoms in total. The van der Waals surface area contributed by atoms with E-state index in [9.17, 15) is 0 Å². The lowest BCUT2D eigenvalue weighted by Gasteiger charge is -2.05. The molecule has 0 unspecified atom stereocenters. The van der Waals surface area contributed by atoms with E-state index in [1.807, 2.05) is 37.3 Å². The van der Waals surface area contributed by atoms with Gasteiger partial charge in [0.1, 0.15) is 11.6 Å². The molecule has 0 bridgehead atoms. The lowest BCUT2D eigenvalue weighted by Crippen LogP contribution is -1.85. The van der Waals surface area contributed by atoms with Crippen LogP contribution in [-0.4, -0.2) is 17.1 Å². The minimum atomic E-state index is 0.858. The Labute approximate surface area is 105 Å². The van der Waals surface area contributed by atoms with Crippen LogP contribution in [0.5, 0.6) is 5.75 Å². The molecule has 18 heavy (non-hydrogen) atoms. The zero-order chi connectivity index (χ0) is 12.5. The van der Waals surface area contributed by atoms with E-state index in [1.54, 1.807) is 7.11 Å². The first kappa shape index (κ1) is 10.8. The number of para-hydroxylation sites is 1. The second-order valence-corrected chi connectivity index (χ2v) is 4.26. The van der Waals surface area contributed by atoms with Crippen LogP contribution in [0, 0.1) is 6.92 Å². The molecular weight excluding hydrogens is 224 g/mol. The second kappa shape index (κ2) is 4.18. The molecule has 2 aromatic carbocycles. The number of aryl methyl sites for hydroxylation is 1. The third-order valence-electron chi connectivity index (χ3n) is 3.01. The number of rotatable bonds is 2. The molecular formula is C15H14N2O. The molecule has 0 radical (unpaired) electrons. The fourth-order valence-electron chi connectivity index (χ4n) is 2.18. The van der Waals surface area contributed by atoms with Crippen LogP contribution in [-0.2, 0) is 0 Å². The lowest BCUT2D eigenvalue weighted by atomic mass is 10.0. The van der Waals surface area contributed by atoms with Gasteiger partial charge >= 0.3 is 0 Å². The monoisotopic (exact) mass is 238 g/mol. The normalized spacial score (nSPS) is 10.8. The van der Waals surface area contributed by atoms with Gasteiger partial charge in [-0.1, -0.05) is 24.3 Å². The number of imidazole rings is 1. The minimum Gasteiger partial charge on any atom is -0.497 e. The van der Waals surface area contributed by atoms with Crippen molar-refractivity contribution in [1.29, 1.82) is 0 Å². The number of nitrogens with one attached hydrogen (secondary N) is 1. The molecule has 0 aliphatic rings. The Balaban J connectivity index is 2.24. The summed E-state index contributed by atoms with van der Waals surface area (Å²) in [5.74, 6) is 1.79. The van der Waals surface area contributed by atoms with Crippen molar-refractivity contribution in [2.24, 2.45) is 0 Å². The molecule has 3 aromatic rings. The van der Waals surface area contributed by atoms with E-state index >= 15 is 0 Å². The summed E-state index contributed by atoms with van der Waals surface area (Å²) in [7, 11) is 1.68. The van der Waals surface area contributed by atoms with Gasteiger partial charge < -0.3 is 9.72 Å². The number of methoxy groups -OCH3 is 1. The summed E-state index contributed by atoms with van der Waals surface area (Å²) in [4.78, 5) is 7.80. The molecule has 1 aromatic heterocycles. The first-order valence-electron chi connectivity index (χ1n) is 5.87. The molecule has 0 amide bonds. The first-order chi connectivity index (χ1) is 8.78. The Morgan fingerprint density at radius 3 is 2.78 bits per heavy atom. The van der Waals surface area contributed by atoms with Gasteiger partial charge in [-0.3, -0.25) is 0 Å². The number of fused-ring (bicyclic) bond motifs is 1. The van der Waals surface area contributed by atoms with Crippen molar-refractivity contribution in [3.05, 3.63) is 48.3 Å². The summed E-state index contributed by atoms with van der Waals surface area (Å²) < 4.78 is 5.27. The van der Waals surface area contributed by atoms with Crippen LogP contribution in [0.1, 0.15) is 5.82 Å². The van der Waals surface area contributed by atoms with Gasteiger partial charge in [0.25, 0.3) is 0 Å². The van der Waals surface area contributed by atoms with Gasteiger partial charge in [-0.15, -0.1) is 0 Å². The van der Waals surface area contributed by atoms with Crippen molar-refractivity contribution in [3.8, 4) is 16.9 Å². The minimum absolute atomic E-state index is 0.858. The number of hydrogen-bond acceptors (Lipinski definition) is 2. The summed E-state index contributed by atoms with van der Waals surface area (Å²) in [5, 5.41) is 0. The molecule has 0 fully saturated rings. The highest BCUT2D eigenvalue weighted by atomic mass is 16.5. The lowest BCUT2D eigenvalue weighted by molar-refractivity contribution is 0.415. The van der Waals surface area contributed by atoms with Crippen molar-refractivity contribution < 1.29 is 4.74 Å². The molecule has 90 valence electrons. The van der Waals surface area contributed by atoms with Crippen LogP contribution in [0.15, 0.2) is 42.5 Å². The molecule has 0 saturated carbocycles. The van der Waals surface area contributed by atoms with Crippen LogP contribution < -0.4 is 4.74 Å². The van der Waals surface area contributed by atoms with E-state index in [2.05, 4.69) is 22.1 Å². The topological polar surface area (TPSA) is 37.9 Å². The molecule has 0 aliphatic carbocycles. The standard InChI is InChI=1S/C15H14N2O/c1-10-16-14-8-4-7-13(15(14)17-10)11-5-3-6-12(9-11)18-2/h3-9H,1-2H3,(H,16,17). The van der Waals surface area contributed by atoms with Crippen molar-refractivity contribution in [1.82, 2.24) is 9.97 Å². The van der Waals surface area contributed by atoms with Gasteiger partial charge in [-0.2, -0.15) is 0 Å². The summed E-state index contributed by atoms with van der Waals surface area (Å²) in [5.41, 5.74) is 4.30. The van der Waals surface area contributed by atoms with Crippen LogP contribution >= 0.6 is 0 Å². The zero-order valence-corrected chi connectivity index (χ0v) is 10.4. The Kier molecular flexibility index (Phi) is 2.52. The first-order valence-corrected chi connectivity index (χ1v) is 5.87. The Morgan fingerprint density at radius 2 is 1.94 bits per heavy atom. The van der Waals surface area contributed by atoms with Crippen LogP contribution in [0.25, 0.3) is 22.2 Å². The maximum absolute atomic E-state index is 5.27. The number of aromatic amines is 1. The fraction of sp³-hybridized carbons (Fsp3) is 0.133. The highest BCUT2D eigenvalue weighted by Crippen LogP contribution is 2.29. The van der Waals surface area contributed by atoms with Crippen LogP contribution in [0.4, 0.5) is 0 Å². The van der Waals surface area contributed by atoms with E-state index in [1.165, 1.54) is 0 Å². The Bertz CT molecular complexity index is 701. The van der Waals surface area contributed by atoms with E-state index in [0.29, 0.717) is 0 Å². The van der Waals surface area contributed by atoms with Gasteiger partial charge in [-0.25, -0.2) is 4.98 Å². The van der Waals surface area contributed by atoms with Gasteiger partial charge in [0.05, 0.1) is 18.1 Å². The van der Waals surface area contributed by atoms with Crippen LogP contribution in [0.2, 0.25) is 0 Å². The van der Waals surface area contributed by atoms with Crippen molar-refractivity contribution in [2.45, 2.75) is 6.92 Å². The average molecular weight is 238 g/mol. The summed E-state index contributed by atoms with van der Waals surface area (Å²) in [6, 6.07) is 14.2. The highest BCUT2D eigenvalue weighted by Gasteiger charge is 2.07. The maximum atomic E-state index is 5.27. The summed E-state index contributed by atoms with van der Waals surface area (Å²) in [6.45, 7) is 1.97. The number of H-pyrrole nitrogens is 1. The Morgan fingerprint density at radius 1 is 1.11 bits per heavy atom. The second-order valence-electron chi connectivity index (χ2n) is 4.26. The van der Waals surface area contributed by atoms with Crippen molar-refractivity contribution in [2.75, 3.05) is 7.11 Å². The largest absolute Gasteiger partial charge is 0.497 e. The van der Waals surface area contributed by atoms with Gasteiger partial charge in [0.2, 0.25) is 0 Å². The molecule has 1 N–H and O–H groups in total. The van der Waals surface area contributed by atoms with E-state index < -0.39 is 0 Å². The third kappa shape index (κ3) is 1.74. The molecule has 3 rings (SSSR count). The van der Waals surface area contributed by atoms with E-state index in [-0.39, 0.29) is 0 Å². The van der Waals surface area contributed by atoms with E-state index in [4.69, 9.17) is 4.74 Å². The molecule has 0 aliphatic heterocycles. The Hall–Kier alpha value is -2.29. The van der Waals surface area contributed by atoms with E-state index in [0.717, 1.165) is 33.7 Å². The van der Waals surface area contributed by atoms with Crippen molar-refractivity contribution in [3.63, 3.8) is 0 Å². The predicted octanol–water partition coefficient (Wildman–Crippen LogP) is 3.55. The number of benzene rings is 2. The quantitative estimate of drug-likeness (QED) is 0.741. The average Bonchev–Trinajstić information content (AvgIpc) is 2.78. The van der Waals surface area contributed by atoms with Gasteiger partial charge in [-0.05, 0) is 30.7 Å². The molecule has 0 atom stereocenters. The molecule has 0 spiro atoms. The molecule has 1 heterocycles. The highest BCUT2D eigenvalue weighted by molar-refractivity contribution is 5.92. The van der Waals surface area contributed by atoms with Crippen LogP contribution in [0.3, 0.4) is 0 Å². The number of ether oxygens (including phenoxy) is 1.